The van der Waals surface area contributed by atoms with Crippen LogP contribution in [-0.2, 0) is 11.2 Å². The van der Waals surface area contributed by atoms with Gasteiger partial charge >= 0.3 is 0 Å². The number of aromatic nitrogens is 1. The second kappa shape index (κ2) is 7.79. The summed E-state index contributed by atoms with van der Waals surface area (Å²) < 4.78 is 5.37. The van der Waals surface area contributed by atoms with E-state index in [1.54, 1.807) is 24.5 Å². The van der Waals surface area contributed by atoms with Crippen molar-refractivity contribution in [3.05, 3.63) is 54.4 Å². The molecule has 5 nitrogen and oxygen atoms in total. The fourth-order valence-electron chi connectivity index (χ4n) is 1.99. The molecule has 1 aromatic carbocycles. The minimum absolute atomic E-state index is 0.317. The Morgan fingerprint density at radius 3 is 2.55 bits per heavy atom. The number of anilines is 1. The van der Waals surface area contributed by atoms with Gasteiger partial charge in [-0.3, -0.25) is 9.78 Å². The maximum Gasteiger partial charge on any atom is 0.242 e. The Balaban J connectivity index is 1.99. The monoisotopic (exact) mass is 295 g/mol. The van der Waals surface area contributed by atoms with E-state index in [0.29, 0.717) is 18.7 Å². The van der Waals surface area contributed by atoms with Gasteiger partial charge in [0.2, 0.25) is 5.91 Å². The molecule has 1 atom stereocenters. The largest absolute Gasteiger partial charge is 0.494 e. The predicted molar refractivity (Wildman–Crippen MR) is 83.3 cm³/mol. The highest BCUT2D eigenvalue weighted by Gasteiger charge is 2.18. The summed E-state index contributed by atoms with van der Waals surface area (Å²) in [5, 5.41) is 11.9. The van der Waals surface area contributed by atoms with Gasteiger partial charge in [0, 0.05) is 18.1 Å². The van der Waals surface area contributed by atoms with Crippen molar-refractivity contribution in [2.75, 3.05) is 11.9 Å². The first-order valence-electron chi connectivity index (χ1n) is 7.05. The van der Waals surface area contributed by atoms with E-state index in [1.165, 1.54) is 0 Å². The molecule has 2 aromatic rings. The van der Waals surface area contributed by atoms with Crippen molar-refractivity contribution < 1.29 is 9.53 Å². The number of carbonyl (C=O) groups is 1. The number of carbonyl (C=O) groups excluding carboxylic acids is 1. The Labute approximate surface area is 129 Å². The first-order chi connectivity index (χ1) is 10.7. The molecule has 5 heteroatoms. The first-order valence-corrected chi connectivity index (χ1v) is 7.05. The van der Waals surface area contributed by atoms with Gasteiger partial charge in [0.1, 0.15) is 11.7 Å². The van der Waals surface area contributed by atoms with Crippen LogP contribution in [0.4, 0.5) is 5.69 Å². The minimum Gasteiger partial charge on any atom is -0.494 e. The maximum absolute atomic E-state index is 12.1. The quantitative estimate of drug-likeness (QED) is 0.889. The van der Waals surface area contributed by atoms with Crippen molar-refractivity contribution in [3.8, 4) is 11.8 Å². The van der Waals surface area contributed by atoms with Crippen LogP contribution in [0.25, 0.3) is 0 Å². The molecule has 0 saturated heterocycles. The molecule has 0 bridgehead atoms. The number of nitrogens with zero attached hydrogens (tertiary/aromatic N) is 2. The van der Waals surface area contributed by atoms with Crippen molar-refractivity contribution in [3.63, 3.8) is 0 Å². The molecule has 0 spiro atoms. The van der Waals surface area contributed by atoms with Crippen LogP contribution < -0.4 is 10.1 Å². The van der Waals surface area contributed by atoms with Gasteiger partial charge in [-0.1, -0.05) is 12.1 Å². The third-order valence-electron chi connectivity index (χ3n) is 3.09. The second-order valence-corrected chi connectivity index (χ2v) is 4.69. The molecule has 112 valence electrons. The zero-order chi connectivity index (χ0) is 15.8. The van der Waals surface area contributed by atoms with E-state index >= 15 is 0 Å². The number of benzene rings is 1. The topological polar surface area (TPSA) is 75.0 Å². The zero-order valence-corrected chi connectivity index (χ0v) is 12.3. The van der Waals surface area contributed by atoms with E-state index in [9.17, 15) is 10.1 Å². The summed E-state index contributed by atoms with van der Waals surface area (Å²) in [7, 11) is 0. The van der Waals surface area contributed by atoms with Gasteiger partial charge in [-0.05, 0) is 43.2 Å². The summed E-state index contributed by atoms with van der Waals surface area (Å²) in [4.78, 5) is 16.0. The average Bonchev–Trinajstić information content (AvgIpc) is 2.55. The van der Waals surface area contributed by atoms with Gasteiger partial charge in [-0.2, -0.15) is 5.26 Å². The summed E-state index contributed by atoms with van der Waals surface area (Å²) in [6, 6.07) is 12.8. The van der Waals surface area contributed by atoms with Crippen LogP contribution in [0.3, 0.4) is 0 Å². The summed E-state index contributed by atoms with van der Waals surface area (Å²) in [6.07, 6.45) is 3.53. The van der Waals surface area contributed by atoms with Crippen LogP contribution in [0.15, 0.2) is 48.8 Å². The second-order valence-electron chi connectivity index (χ2n) is 4.69. The number of hydrogen-bond acceptors (Lipinski definition) is 4. The number of amides is 1. The lowest BCUT2D eigenvalue weighted by molar-refractivity contribution is -0.118. The molecule has 0 fully saturated rings. The lowest BCUT2D eigenvalue weighted by Crippen LogP contribution is -2.23. The van der Waals surface area contributed by atoms with Gasteiger partial charge in [0.15, 0.2) is 0 Å². The molecule has 2 rings (SSSR count). The van der Waals surface area contributed by atoms with Crippen LogP contribution in [0, 0.1) is 17.2 Å². The first kappa shape index (κ1) is 15.5. The molecule has 0 radical (unpaired) electrons. The Hall–Kier alpha value is -2.87. The number of pyridine rings is 1. The van der Waals surface area contributed by atoms with Gasteiger partial charge in [0.25, 0.3) is 0 Å². The van der Waals surface area contributed by atoms with Crippen molar-refractivity contribution in [2.45, 2.75) is 13.3 Å². The minimum atomic E-state index is -0.744. The summed E-state index contributed by atoms with van der Waals surface area (Å²) >= 11 is 0. The van der Waals surface area contributed by atoms with Crippen molar-refractivity contribution in [1.82, 2.24) is 4.98 Å². The third kappa shape index (κ3) is 4.32. The van der Waals surface area contributed by atoms with Crippen LogP contribution in [0.5, 0.6) is 5.75 Å². The molecule has 1 heterocycles. The summed E-state index contributed by atoms with van der Waals surface area (Å²) in [5.41, 5.74) is 1.55. The Kier molecular flexibility index (Phi) is 5.50. The smallest absolute Gasteiger partial charge is 0.242 e. The molecule has 22 heavy (non-hydrogen) atoms. The molecule has 0 saturated carbocycles. The molecule has 1 N–H and O–H groups in total. The molecule has 0 aliphatic rings. The molecule has 0 aliphatic heterocycles. The Bertz CT molecular complexity index is 648. The Morgan fingerprint density at radius 1 is 1.27 bits per heavy atom. The number of nitriles is 1. The SMILES string of the molecule is CCOc1ccc(C[C@H](C#N)C(=O)Nc2ccncc2)cc1. The van der Waals surface area contributed by atoms with E-state index in [0.717, 1.165) is 11.3 Å². The normalized spacial score (nSPS) is 11.3. The molecular weight excluding hydrogens is 278 g/mol. The molecule has 1 amide bonds. The van der Waals surface area contributed by atoms with E-state index < -0.39 is 5.92 Å². The fraction of sp³-hybridized carbons (Fsp3) is 0.235. The number of hydrogen-bond donors (Lipinski definition) is 1. The maximum atomic E-state index is 12.1. The number of rotatable bonds is 6. The number of ether oxygens (including phenoxy) is 1. The van der Waals surface area contributed by atoms with Crippen molar-refractivity contribution in [2.24, 2.45) is 5.92 Å². The highest BCUT2D eigenvalue weighted by molar-refractivity contribution is 5.94. The number of nitrogens with one attached hydrogen (secondary N) is 1. The summed E-state index contributed by atoms with van der Waals surface area (Å²) in [6.45, 7) is 2.53. The average molecular weight is 295 g/mol. The molecule has 1 aromatic heterocycles. The predicted octanol–water partition coefficient (Wildman–Crippen LogP) is 2.80. The Morgan fingerprint density at radius 2 is 1.95 bits per heavy atom. The van der Waals surface area contributed by atoms with Crippen LogP contribution >= 0.6 is 0 Å². The van der Waals surface area contributed by atoms with Crippen LogP contribution in [0.2, 0.25) is 0 Å². The third-order valence-corrected chi connectivity index (χ3v) is 3.09. The highest BCUT2D eigenvalue weighted by Crippen LogP contribution is 2.16. The fourth-order valence-corrected chi connectivity index (χ4v) is 1.99. The van der Waals surface area contributed by atoms with E-state index in [2.05, 4.69) is 16.4 Å². The van der Waals surface area contributed by atoms with Gasteiger partial charge in [0.05, 0.1) is 12.7 Å². The van der Waals surface area contributed by atoms with Gasteiger partial charge < -0.3 is 10.1 Å². The highest BCUT2D eigenvalue weighted by atomic mass is 16.5. The van der Waals surface area contributed by atoms with Gasteiger partial charge in [-0.25, -0.2) is 0 Å². The molecule has 0 aliphatic carbocycles. The standard InChI is InChI=1S/C17H17N3O2/c1-2-22-16-5-3-13(4-6-16)11-14(12-18)17(21)20-15-7-9-19-10-8-15/h3-10,14H,2,11H2,1H3,(H,19,20,21)/t14-/m1/s1. The van der Waals surface area contributed by atoms with Gasteiger partial charge in [-0.15, -0.1) is 0 Å². The van der Waals surface area contributed by atoms with Crippen LogP contribution in [-0.4, -0.2) is 17.5 Å². The zero-order valence-electron chi connectivity index (χ0n) is 12.3. The summed E-state index contributed by atoms with van der Waals surface area (Å²) in [5.74, 6) is -0.283. The van der Waals surface area contributed by atoms with Crippen molar-refractivity contribution >= 4 is 11.6 Å². The molecular formula is C17H17N3O2. The lowest BCUT2D eigenvalue weighted by Gasteiger charge is -2.11. The van der Waals surface area contributed by atoms with E-state index in [1.807, 2.05) is 31.2 Å². The lowest BCUT2D eigenvalue weighted by atomic mass is 9.99. The van der Waals surface area contributed by atoms with E-state index in [-0.39, 0.29) is 5.91 Å². The molecule has 0 unspecified atom stereocenters. The van der Waals surface area contributed by atoms with Crippen molar-refractivity contribution in [1.29, 1.82) is 5.26 Å². The van der Waals surface area contributed by atoms with E-state index in [4.69, 9.17) is 4.74 Å². The van der Waals surface area contributed by atoms with Crippen LogP contribution in [0.1, 0.15) is 12.5 Å².